The average molecular weight is 682 g/mol. The van der Waals surface area contributed by atoms with Gasteiger partial charge in [0.25, 0.3) is 15.9 Å². The number of ether oxygens (including phenoxy) is 4. The minimum Gasteiger partial charge on any atom is -0.490 e. The van der Waals surface area contributed by atoms with Crippen LogP contribution in [0.5, 0.6) is 17.2 Å². The average Bonchev–Trinajstić information content (AvgIpc) is 3.54. The quantitative estimate of drug-likeness (QED) is 0.316. The van der Waals surface area contributed by atoms with E-state index in [9.17, 15) is 18.3 Å². The molecule has 48 heavy (non-hydrogen) atoms. The molecule has 0 unspecified atom stereocenters. The van der Waals surface area contributed by atoms with Crippen LogP contribution in [0.15, 0.2) is 71.6 Å². The summed E-state index contributed by atoms with van der Waals surface area (Å²) >= 11 is 0. The fourth-order valence-corrected chi connectivity index (χ4v) is 7.06. The Morgan fingerprint density at radius 1 is 1.00 bits per heavy atom. The Labute approximate surface area is 283 Å². The van der Waals surface area contributed by atoms with Crippen molar-refractivity contribution in [3.63, 3.8) is 0 Å². The zero-order valence-electron chi connectivity index (χ0n) is 28.1. The molecule has 12 heteroatoms. The number of hydrogen-bond acceptors (Lipinski definition) is 9. The molecule has 0 saturated carbocycles. The second-order valence-electron chi connectivity index (χ2n) is 12.8. The summed E-state index contributed by atoms with van der Waals surface area (Å²) in [4.78, 5) is 18.3. The van der Waals surface area contributed by atoms with Crippen molar-refractivity contribution in [2.75, 3.05) is 44.9 Å². The smallest absolute Gasteiger partial charge is 0.261 e. The van der Waals surface area contributed by atoms with Gasteiger partial charge in [-0.3, -0.25) is 14.4 Å². The maximum absolute atomic E-state index is 14.4. The Balaban J connectivity index is 1.40. The standard InChI is InChI=1S/C36H47N3O8S/c1-25-20-39(26(2)23-40)36(41)31-19-29(37-48(42,43)30-11-6-5-7-12-30)14-16-32(31)47-27(3)10-8-9-17-44-35(25)22-38(4)21-28-13-15-33-34(18-28)46-24-45-33/h5-7,11-16,18-19,25-27,35,37,40H,8-10,17,20-24H2,1-4H3/t25-,26-,27+,35+/m1/s1. The highest BCUT2D eigenvalue weighted by molar-refractivity contribution is 7.92. The van der Waals surface area contributed by atoms with Crippen LogP contribution in [0.2, 0.25) is 0 Å². The molecular weight excluding hydrogens is 634 g/mol. The summed E-state index contributed by atoms with van der Waals surface area (Å²) < 4.78 is 52.7. The summed E-state index contributed by atoms with van der Waals surface area (Å²) in [5, 5.41) is 10.3. The summed E-state index contributed by atoms with van der Waals surface area (Å²) in [6.45, 7) is 7.94. The van der Waals surface area contributed by atoms with Crippen LogP contribution in [-0.4, -0.2) is 87.6 Å². The number of carbonyl (C=O) groups is 1. The molecule has 11 nitrogen and oxygen atoms in total. The van der Waals surface area contributed by atoms with E-state index in [4.69, 9.17) is 18.9 Å². The molecule has 0 aromatic heterocycles. The first-order valence-electron chi connectivity index (χ1n) is 16.5. The van der Waals surface area contributed by atoms with E-state index < -0.39 is 16.1 Å². The monoisotopic (exact) mass is 681 g/mol. The second-order valence-corrected chi connectivity index (χ2v) is 14.5. The molecule has 0 radical (unpaired) electrons. The Bertz CT molecular complexity index is 1640. The number of likely N-dealkylation sites (N-methyl/N-ethyl adjacent to an activating group) is 1. The molecule has 0 aliphatic carbocycles. The third kappa shape index (κ3) is 8.98. The lowest BCUT2D eigenvalue weighted by molar-refractivity contribution is -0.0177. The van der Waals surface area contributed by atoms with Crippen LogP contribution in [0.1, 0.15) is 56.0 Å². The largest absolute Gasteiger partial charge is 0.490 e. The number of sulfonamides is 1. The van der Waals surface area contributed by atoms with E-state index in [-0.39, 0.29) is 53.6 Å². The molecule has 2 N–H and O–H groups in total. The molecular formula is C36H47N3O8S. The molecule has 4 atom stereocenters. The van der Waals surface area contributed by atoms with Crippen molar-refractivity contribution in [3.8, 4) is 17.2 Å². The lowest BCUT2D eigenvalue weighted by Gasteiger charge is -2.36. The minimum absolute atomic E-state index is 0.104. The van der Waals surface area contributed by atoms with Crippen molar-refractivity contribution in [1.29, 1.82) is 0 Å². The number of aliphatic hydroxyl groups excluding tert-OH is 1. The number of nitrogens with zero attached hydrogens (tertiary/aromatic N) is 2. The summed E-state index contributed by atoms with van der Waals surface area (Å²) in [5.74, 6) is 1.38. The van der Waals surface area contributed by atoms with Gasteiger partial charge in [-0.15, -0.1) is 0 Å². The van der Waals surface area contributed by atoms with Crippen molar-refractivity contribution in [3.05, 3.63) is 77.9 Å². The maximum Gasteiger partial charge on any atom is 0.261 e. The number of aliphatic hydroxyl groups is 1. The first kappa shape index (κ1) is 35.5. The number of fused-ring (bicyclic) bond motifs is 2. The third-order valence-electron chi connectivity index (χ3n) is 8.74. The number of hydrogen-bond donors (Lipinski definition) is 2. The third-order valence-corrected chi connectivity index (χ3v) is 10.1. The van der Waals surface area contributed by atoms with Gasteiger partial charge in [-0.05, 0) is 88.2 Å². The van der Waals surface area contributed by atoms with Gasteiger partial charge in [0.15, 0.2) is 11.5 Å². The van der Waals surface area contributed by atoms with Gasteiger partial charge in [-0.2, -0.15) is 0 Å². The van der Waals surface area contributed by atoms with Gasteiger partial charge in [0.1, 0.15) is 5.75 Å². The molecule has 2 aliphatic rings. The van der Waals surface area contributed by atoms with Gasteiger partial charge >= 0.3 is 0 Å². The number of amides is 1. The lowest BCUT2D eigenvalue weighted by atomic mass is 10.0. The van der Waals surface area contributed by atoms with E-state index in [0.29, 0.717) is 32.0 Å². The van der Waals surface area contributed by atoms with Gasteiger partial charge < -0.3 is 29.0 Å². The van der Waals surface area contributed by atoms with Crippen LogP contribution >= 0.6 is 0 Å². The van der Waals surface area contributed by atoms with Crippen LogP contribution in [0.25, 0.3) is 0 Å². The van der Waals surface area contributed by atoms with Crippen molar-refractivity contribution in [2.45, 2.75) is 69.7 Å². The predicted molar refractivity (Wildman–Crippen MR) is 183 cm³/mol. The van der Waals surface area contributed by atoms with Crippen molar-refractivity contribution in [1.82, 2.24) is 9.80 Å². The summed E-state index contributed by atoms with van der Waals surface area (Å²) in [7, 11) is -1.85. The molecule has 0 fully saturated rings. The number of rotatable bonds is 9. The van der Waals surface area contributed by atoms with Crippen molar-refractivity contribution in [2.24, 2.45) is 5.92 Å². The molecule has 1 amide bonds. The van der Waals surface area contributed by atoms with Crippen LogP contribution < -0.4 is 18.9 Å². The van der Waals surface area contributed by atoms with Crippen molar-refractivity contribution >= 4 is 21.6 Å². The van der Waals surface area contributed by atoms with E-state index >= 15 is 0 Å². The first-order valence-corrected chi connectivity index (χ1v) is 18.0. The number of nitrogens with one attached hydrogen (secondary N) is 1. The fraction of sp³-hybridized carbons (Fsp3) is 0.472. The number of benzene rings is 3. The topological polar surface area (TPSA) is 127 Å². The van der Waals surface area contributed by atoms with Crippen LogP contribution in [0, 0.1) is 5.92 Å². The Hall–Kier alpha value is -3.84. The highest BCUT2D eigenvalue weighted by atomic mass is 32.2. The summed E-state index contributed by atoms with van der Waals surface area (Å²) in [5.41, 5.74) is 1.54. The summed E-state index contributed by atoms with van der Waals surface area (Å²) in [6.07, 6.45) is 2.08. The normalized spacial score (nSPS) is 21.2. The first-order chi connectivity index (χ1) is 23.0. The van der Waals surface area contributed by atoms with E-state index in [1.165, 1.54) is 18.2 Å². The zero-order chi connectivity index (χ0) is 34.3. The van der Waals surface area contributed by atoms with E-state index in [0.717, 1.165) is 36.3 Å². The Kier molecular flexibility index (Phi) is 11.9. The number of anilines is 1. The zero-order valence-corrected chi connectivity index (χ0v) is 28.9. The second kappa shape index (κ2) is 16.0. The highest BCUT2D eigenvalue weighted by Crippen LogP contribution is 2.33. The van der Waals surface area contributed by atoms with Crippen LogP contribution in [0.3, 0.4) is 0 Å². The lowest BCUT2D eigenvalue weighted by Crippen LogP contribution is -2.47. The fourth-order valence-electron chi connectivity index (χ4n) is 5.99. The molecule has 5 rings (SSSR count). The van der Waals surface area contributed by atoms with Gasteiger partial charge in [0.2, 0.25) is 6.79 Å². The molecule has 3 aromatic carbocycles. The van der Waals surface area contributed by atoms with Gasteiger partial charge in [0, 0.05) is 37.8 Å². The SMILES string of the molecule is C[C@@H]1CN([C@H](C)CO)C(=O)c2cc(NS(=O)(=O)c3ccccc3)ccc2O[C@@H](C)CCCCO[C@H]1CN(C)Cc1ccc2c(c1)OCO2. The Morgan fingerprint density at radius 3 is 2.52 bits per heavy atom. The predicted octanol–water partition coefficient (Wildman–Crippen LogP) is 5.14. The molecule has 2 aliphatic heterocycles. The van der Waals surface area contributed by atoms with E-state index in [1.54, 1.807) is 42.2 Å². The minimum atomic E-state index is -3.90. The van der Waals surface area contributed by atoms with Gasteiger partial charge in [-0.1, -0.05) is 31.2 Å². The van der Waals surface area contributed by atoms with Gasteiger partial charge in [-0.25, -0.2) is 8.42 Å². The molecule has 0 spiro atoms. The number of carbonyl (C=O) groups excluding carboxylic acids is 1. The van der Waals surface area contributed by atoms with Crippen LogP contribution in [0.4, 0.5) is 5.69 Å². The molecule has 3 aromatic rings. The van der Waals surface area contributed by atoms with E-state index in [2.05, 4.69) is 16.5 Å². The highest BCUT2D eigenvalue weighted by Gasteiger charge is 2.31. The molecule has 0 bridgehead atoms. The molecule has 260 valence electrons. The van der Waals surface area contributed by atoms with Crippen LogP contribution in [-0.2, 0) is 21.3 Å². The molecule has 0 saturated heterocycles. The van der Waals surface area contributed by atoms with Crippen molar-refractivity contribution < 1.29 is 37.3 Å². The Morgan fingerprint density at radius 2 is 1.75 bits per heavy atom. The maximum atomic E-state index is 14.4. The summed E-state index contributed by atoms with van der Waals surface area (Å²) in [6, 6.07) is 18.3. The van der Waals surface area contributed by atoms with E-state index in [1.807, 2.05) is 32.2 Å². The molecule has 2 heterocycles. The van der Waals surface area contributed by atoms with Gasteiger partial charge in [0.05, 0.1) is 35.3 Å².